The van der Waals surface area contributed by atoms with E-state index < -0.39 is 16.8 Å². The van der Waals surface area contributed by atoms with Crippen LogP contribution in [-0.4, -0.2) is 75.8 Å². The average molecular weight is 508 g/mol. The van der Waals surface area contributed by atoms with E-state index in [9.17, 15) is 19.2 Å². The lowest BCUT2D eigenvalue weighted by molar-refractivity contribution is -0.156. The van der Waals surface area contributed by atoms with Crippen molar-refractivity contribution in [1.29, 1.82) is 0 Å². The number of nitrogens with zero attached hydrogens (tertiary/aromatic N) is 3. The molecule has 0 aromatic carbocycles. The number of hydrogen-bond acceptors (Lipinski definition) is 8. The van der Waals surface area contributed by atoms with E-state index in [1.54, 1.807) is 25.7 Å². The first-order valence-corrected chi connectivity index (χ1v) is 13.0. The van der Waals surface area contributed by atoms with Gasteiger partial charge in [0.25, 0.3) is 5.91 Å². The molecule has 1 atom stereocenters. The van der Waals surface area contributed by atoms with Crippen molar-refractivity contribution in [2.24, 2.45) is 11.1 Å². The van der Waals surface area contributed by atoms with E-state index in [1.165, 1.54) is 4.90 Å². The van der Waals surface area contributed by atoms with Gasteiger partial charge in [0.2, 0.25) is 11.5 Å². The topological polar surface area (TPSA) is 115 Å². The van der Waals surface area contributed by atoms with Crippen molar-refractivity contribution in [3.63, 3.8) is 0 Å². The molecule has 0 aromatic heterocycles. The Labute approximate surface area is 213 Å². The summed E-state index contributed by atoms with van der Waals surface area (Å²) in [6, 6.07) is 0. The van der Waals surface area contributed by atoms with Gasteiger partial charge in [0.15, 0.2) is 0 Å². The van der Waals surface area contributed by atoms with Gasteiger partial charge in [0.1, 0.15) is 11.2 Å². The van der Waals surface area contributed by atoms with E-state index in [1.807, 2.05) is 20.8 Å². The zero-order valence-electron chi connectivity index (χ0n) is 22.6. The monoisotopic (exact) mass is 507 g/mol. The van der Waals surface area contributed by atoms with E-state index in [0.29, 0.717) is 38.3 Å². The number of ether oxygens (including phenoxy) is 2. The van der Waals surface area contributed by atoms with Gasteiger partial charge < -0.3 is 19.2 Å². The number of carbonyl (C=O) groups is 4. The average Bonchev–Trinajstić information content (AvgIpc) is 3.26. The largest absolute Gasteiger partial charge is 0.460 e. The fourth-order valence-electron chi connectivity index (χ4n) is 4.77. The van der Waals surface area contributed by atoms with Gasteiger partial charge in [-0.25, -0.2) is 4.79 Å². The van der Waals surface area contributed by atoms with Crippen molar-refractivity contribution in [2.75, 3.05) is 19.6 Å². The molecule has 10 nitrogen and oxygen atoms in total. The Hall–Kier alpha value is -2.65. The first-order chi connectivity index (χ1) is 16.7. The number of carbonyl (C=O) groups excluding carboxylic acids is 4. The third kappa shape index (κ3) is 7.43. The second kappa shape index (κ2) is 10.8. The molecule has 3 aliphatic heterocycles. The van der Waals surface area contributed by atoms with Gasteiger partial charge in [0.05, 0.1) is 12.1 Å². The molecule has 0 radical (unpaired) electrons. The van der Waals surface area contributed by atoms with Gasteiger partial charge in [0, 0.05) is 32.5 Å². The van der Waals surface area contributed by atoms with Crippen LogP contribution in [0.25, 0.3) is 0 Å². The maximum atomic E-state index is 13.0. The normalized spacial score (nSPS) is 23.2. The fraction of sp³-hybridized carbons (Fsp3) is 0.808. The molecule has 2 saturated heterocycles. The molecule has 1 spiro atoms. The predicted octanol–water partition coefficient (Wildman–Crippen LogP) is 3.81. The highest BCUT2D eigenvalue weighted by molar-refractivity contribution is 6.10. The number of piperidine rings is 1. The molecule has 2 fully saturated rings. The standard InChI is InChI=1S/C26H41N3O7/c1-24(2,3)34-21(31)8-7-13-29-20(30)17-26(22(29)32)16-19(27-36-26)10-9-18-11-14-28(15-12-18)23(33)35-25(4,5)6/h18H,7-17H2,1-6H3. The molecule has 0 saturated carbocycles. The molecular formula is C26H41N3O7. The molecule has 0 aromatic rings. The Kier molecular flexibility index (Phi) is 8.35. The molecule has 0 bridgehead atoms. The number of rotatable bonds is 7. The zero-order chi connectivity index (χ0) is 26.7. The molecule has 0 N–H and O–H groups in total. The number of imide groups is 1. The van der Waals surface area contributed by atoms with Crippen molar-refractivity contribution < 1.29 is 33.5 Å². The van der Waals surface area contributed by atoms with Crippen molar-refractivity contribution >= 4 is 29.6 Å². The SMILES string of the molecule is CC(C)(C)OC(=O)CCCN1C(=O)CC2(CC(CCC3CCN(C(=O)OC(C)(C)C)CC3)=NO2)C1=O. The van der Waals surface area contributed by atoms with Crippen LogP contribution in [0.1, 0.15) is 92.9 Å². The van der Waals surface area contributed by atoms with Crippen LogP contribution >= 0.6 is 0 Å². The quantitative estimate of drug-likeness (QED) is 0.380. The van der Waals surface area contributed by atoms with Gasteiger partial charge in [-0.05, 0) is 79.6 Å². The Bertz CT molecular complexity index is 894. The molecule has 202 valence electrons. The highest BCUT2D eigenvalue weighted by Gasteiger charge is 2.57. The van der Waals surface area contributed by atoms with Gasteiger partial charge in [-0.2, -0.15) is 0 Å². The van der Waals surface area contributed by atoms with Gasteiger partial charge in [-0.15, -0.1) is 0 Å². The minimum atomic E-state index is -1.24. The Morgan fingerprint density at radius 1 is 1.03 bits per heavy atom. The van der Waals surface area contributed by atoms with E-state index in [-0.39, 0.29) is 43.3 Å². The number of oxime groups is 1. The summed E-state index contributed by atoms with van der Waals surface area (Å²) in [7, 11) is 0. The van der Waals surface area contributed by atoms with Crippen molar-refractivity contribution in [1.82, 2.24) is 9.80 Å². The van der Waals surface area contributed by atoms with Crippen LogP contribution in [0.4, 0.5) is 4.79 Å². The van der Waals surface area contributed by atoms with Crippen LogP contribution < -0.4 is 0 Å². The predicted molar refractivity (Wildman–Crippen MR) is 132 cm³/mol. The number of amides is 3. The van der Waals surface area contributed by atoms with Gasteiger partial charge in [-0.1, -0.05) is 5.16 Å². The maximum absolute atomic E-state index is 13.0. The van der Waals surface area contributed by atoms with Crippen LogP contribution in [0, 0.1) is 5.92 Å². The molecule has 1 unspecified atom stereocenters. The molecule has 3 rings (SSSR count). The van der Waals surface area contributed by atoms with Crippen molar-refractivity contribution in [2.45, 2.75) is 110 Å². The van der Waals surface area contributed by atoms with E-state index in [2.05, 4.69) is 5.16 Å². The fourth-order valence-corrected chi connectivity index (χ4v) is 4.77. The lowest BCUT2D eigenvalue weighted by Gasteiger charge is -2.33. The zero-order valence-corrected chi connectivity index (χ0v) is 22.6. The molecule has 10 heteroatoms. The summed E-state index contributed by atoms with van der Waals surface area (Å²) in [6.07, 6.45) is 3.87. The number of esters is 1. The van der Waals surface area contributed by atoms with Crippen molar-refractivity contribution in [3.8, 4) is 0 Å². The summed E-state index contributed by atoms with van der Waals surface area (Å²) in [4.78, 5) is 58.3. The number of hydrogen-bond donors (Lipinski definition) is 0. The first kappa shape index (κ1) is 27.9. The Morgan fingerprint density at radius 3 is 2.28 bits per heavy atom. The summed E-state index contributed by atoms with van der Waals surface area (Å²) in [6.45, 7) is 12.5. The molecule has 3 aliphatic rings. The minimum Gasteiger partial charge on any atom is -0.460 e. The molecule has 36 heavy (non-hydrogen) atoms. The van der Waals surface area contributed by atoms with Crippen molar-refractivity contribution in [3.05, 3.63) is 0 Å². The second-order valence-electron chi connectivity index (χ2n) is 12.1. The molecule has 0 aliphatic carbocycles. The molecule has 3 amide bonds. The number of likely N-dealkylation sites (tertiary alicyclic amines) is 2. The summed E-state index contributed by atoms with van der Waals surface area (Å²) in [5.41, 5.74) is -1.52. The van der Waals surface area contributed by atoms with E-state index in [4.69, 9.17) is 14.3 Å². The van der Waals surface area contributed by atoms with Crippen LogP contribution in [0.3, 0.4) is 0 Å². The van der Waals surface area contributed by atoms with Crippen LogP contribution in [-0.2, 0) is 28.7 Å². The van der Waals surface area contributed by atoms with Crippen LogP contribution in [0.5, 0.6) is 0 Å². The highest BCUT2D eigenvalue weighted by atomic mass is 16.7. The lowest BCUT2D eigenvalue weighted by Crippen LogP contribution is -2.42. The van der Waals surface area contributed by atoms with Crippen LogP contribution in [0.15, 0.2) is 5.16 Å². The van der Waals surface area contributed by atoms with Gasteiger partial charge >= 0.3 is 12.1 Å². The summed E-state index contributed by atoms with van der Waals surface area (Å²) >= 11 is 0. The summed E-state index contributed by atoms with van der Waals surface area (Å²) in [5, 5.41) is 4.17. The minimum absolute atomic E-state index is 0.0282. The highest BCUT2D eigenvalue weighted by Crippen LogP contribution is 2.37. The van der Waals surface area contributed by atoms with Crippen LogP contribution in [0.2, 0.25) is 0 Å². The smallest absolute Gasteiger partial charge is 0.410 e. The third-order valence-electron chi connectivity index (χ3n) is 6.50. The lowest BCUT2D eigenvalue weighted by atomic mass is 9.88. The molecular weight excluding hydrogens is 466 g/mol. The van der Waals surface area contributed by atoms with E-state index >= 15 is 0 Å². The van der Waals surface area contributed by atoms with E-state index in [0.717, 1.165) is 25.0 Å². The second-order valence-corrected chi connectivity index (χ2v) is 12.1. The maximum Gasteiger partial charge on any atom is 0.410 e. The molecule has 3 heterocycles. The van der Waals surface area contributed by atoms with Gasteiger partial charge in [-0.3, -0.25) is 19.3 Å². The summed E-state index contributed by atoms with van der Waals surface area (Å²) < 4.78 is 10.7. The Balaban J connectivity index is 1.40. The first-order valence-electron chi connectivity index (χ1n) is 13.0. The Morgan fingerprint density at radius 2 is 1.67 bits per heavy atom. The summed E-state index contributed by atoms with van der Waals surface area (Å²) in [5.74, 6) is -0.569. The third-order valence-corrected chi connectivity index (χ3v) is 6.50.